The molecular formula is C12H20BClN2O3. The molecule has 0 saturated carbocycles. The Morgan fingerprint density at radius 2 is 2.11 bits per heavy atom. The number of unbranched alkanes of at least 4 members (excludes halogenated alkanes) is 1. The molecule has 0 bridgehead atoms. The lowest BCUT2D eigenvalue weighted by molar-refractivity contribution is 0.198. The molecule has 19 heavy (non-hydrogen) atoms. The molecule has 0 fully saturated rings. The summed E-state index contributed by atoms with van der Waals surface area (Å²) < 4.78 is 11.1. The molecule has 2 rings (SSSR count). The molecule has 1 aromatic carbocycles. The minimum absolute atomic E-state index is 0. The molecule has 106 valence electrons. The van der Waals surface area contributed by atoms with Crippen LogP contribution in [0.25, 0.3) is 0 Å². The molecule has 1 unspecified atom stereocenters. The van der Waals surface area contributed by atoms with Gasteiger partial charge in [-0.25, -0.2) is 0 Å². The van der Waals surface area contributed by atoms with Crippen molar-refractivity contribution in [1.29, 1.82) is 0 Å². The fraction of sp³-hybridized carbons (Fsp3) is 0.500. The topological polar surface area (TPSA) is 90.7 Å². The third kappa shape index (κ3) is 3.61. The summed E-state index contributed by atoms with van der Waals surface area (Å²) in [6, 6.07) is 5.64. The van der Waals surface area contributed by atoms with E-state index >= 15 is 0 Å². The van der Waals surface area contributed by atoms with Gasteiger partial charge in [-0.05, 0) is 31.0 Å². The fourth-order valence-electron chi connectivity index (χ4n) is 2.14. The number of fused-ring (bicyclic) bond motifs is 1. The van der Waals surface area contributed by atoms with Crippen LogP contribution >= 0.6 is 12.4 Å². The van der Waals surface area contributed by atoms with E-state index < -0.39 is 7.12 Å². The second-order valence-corrected chi connectivity index (χ2v) is 4.32. The monoisotopic (exact) mass is 286 g/mol. The van der Waals surface area contributed by atoms with E-state index in [0.29, 0.717) is 30.9 Å². The summed E-state index contributed by atoms with van der Waals surface area (Å²) in [5, 5.41) is 9.89. The van der Waals surface area contributed by atoms with Gasteiger partial charge in [0, 0.05) is 12.0 Å². The van der Waals surface area contributed by atoms with E-state index in [1.807, 2.05) is 18.2 Å². The molecule has 0 spiro atoms. The third-order valence-corrected chi connectivity index (χ3v) is 3.06. The van der Waals surface area contributed by atoms with Crippen molar-refractivity contribution in [3.8, 4) is 5.75 Å². The lowest BCUT2D eigenvalue weighted by atomic mass is 9.78. The summed E-state index contributed by atoms with van der Waals surface area (Å²) in [6.07, 6.45) is 1.58. The summed E-state index contributed by atoms with van der Waals surface area (Å²) in [5.74, 6) is 0.674. The largest absolute Gasteiger partial charge is 0.495 e. The first kappa shape index (κ1) is 16.3. The Morgan fingerprint density at radius 3 is 2.79 bits per heavy atom. The molecule has 1 aromatic rings. The number of halogens is 1. The van der Waals surface area contributed by atoms with E-state index in [-0.39, 0.29) is 18.5 Å². The Morgan fingerprint density at radius 1 is 1.32 bits per heavy atom. The van der Waals surface area contributed by atoms with Gasteiger partial charge in [0.15, 0.2) is 0 Å². The van der Waals surface area contributed by atoms with Crippen LogP contribution in [0.4, 0.5) is 0 Å². The second kappa shape index (κ2) is 7.72. The molecule has 0 saturated heterocycles. The predicted octanol–water partition coefficient (Wildman–Crippen LogP) is -0.0564. The molecule has 1 atom stereocenters. The number of rotatable bonds is 6. The molecule has 0 radical (unpaired) electrons. The minimum atomic E-state index is -0.945. The molecule has 5 N–H and O–H groups in total. The molecule has 1 heterocycles. The van der Waals surface area contributed by atoms with Gasteiger partial charge in [0.05, 0.1) is 12.7 Å². The Bertz CT molecular complexity index is 409. The highest BCUT2D eigenvalue weighted by atomic mass is 35.5. The van der Waals surface area contributed by atoms with E-state index in [0.717, 1.165) is 18.4 Å². The second-order valence-electron chi connectivity index (χ2n) is 4.32. The predicted molar refractivity (Wildman–Crippen MR) is 78.0 cm³/mol. The maximum atomic E-state index is 9.89. The van der Waals surface area contributed by atoms with E-state index in [2.05, 4.69) is 0 Å². The maximum absolute atomic E-state index is 9.89. The van der Waals surface area contributed by atoms with Crippen LogP contribution in [0.15, 0.2) is 18.2 Å². The van der Waals surface area contributed by atoms with Crippen LogP contribution in [0.2, 0.25) is 0 Å². The van der Waals surface area contributed by atoms with E-state index in [9.17, 15) is 5.02 Å². The first-order valence-electron chi connectivity index (χ1n) is 6.27. The van der Waals surface area contributed by atoms with Crippen molar-refractivity contribution < 1.29 is 14.4 Å². The van der Waals surface area contributed by atoms with E-state index in [1.54, 1.807) is 0 Å². The maximum Gasteiger partial charge on any atom is 0.495 e. The van der Waals surface area contributed by atoms with E-state index in [4.69, 9.17) is 20.9 Å². The summed E-state index contributed by atoms with van der Waals surface area (Å²) >= 11 is 0. The van der Waals surface area contributed by atoms with Crippen LogP contribution in [-0.2, 0) is 4.65 Å². The van der Waals surface area contributed by atoms with Crippen molar-refractivity contribution >= 4 is 25.0 Å². The van der Waals surface area contributed by atoms with Gasteiger partial charge in [0.1, 0.15) is 5.75 Å². The zero-order valence-electron chi connectivity index (χ0n) is 10.7. The Labute approximate surface area is 119 Å². The lowest BCUT2D eigenvalue weighted by Crippen LogP contribution is -2.30. The molecule has 1 aliphatic heterocycles. The van der Waals surface area contributed by atoms with Crippen LogP contribution in [-0.4, -0.2) is 31.8 Å². The smallest absolute Gasteiger partial charge is 0.494 e. The van der Waals surface area contributed by atoms with Crippen molar-refractivity contribution in [3.63, 3.8) is 0 Å². The van der Waals surface area contributed by atoms with Gasteiger partial charge in [-0.15, -0.1) is 12.4 Å². The van der Waals surface area contributed by atoms with Crippen molar-refractivity contribution in [1.82, 2.24) is 0 Å². The van der Waals surface area contributed by atoms with Gasteiger partial charge in [0.25, 0.3) is 0 Å². The van der Waals surface area contributed by atoms with Crippen molar-refractivity contribution in [2.24, 2.45) is 11.5 Å². The highest BCUT2D eigenvalue weighted by Gasteiger charge is 2.37. The van der Waals surface area contributed by atoms with Crippen LogP contribution in [0.3, 0.4) is 0 Å². The summed E-state index contributed by atoms with van der Waals surface area (Å²) in [4.78, 5) is 0. The first-order valence-corrected chi connectivity index (χ1v) is 6.27. The van der Waals surface area contributed by atoms with Crippen molar-refractivity contribution in [2.45, 2.75) is 18.9 Å². The van der Waals surface area contributed by atoms with E-state index in [1.165, 1.54) is 0 Å². The average molecular weight is 287 g/mol. The molecule has 7 heteroatoms. The number of nitrogens with two attached hydrogens (primary N) is 2. The normalized spacial score (nSPS) is 17.0. The Kier molecular flexibility index (Phi) is 6.61. The van der Waals surface area contributed by atoms with Crippen molar-refractivity contribution in [2.75, 3.05) is 19.7 Å². The molecule has 0 aliphatic carbocycles. The number of hydrogen-bond acceptors (Lipinski definition) is 5. The highest BCUT2D eigenvalue weighted by Crippen LogP contribution is 2.26. The Hall–Kier alpha value is -0.785. The zero-order valence-corrected chi connectivity index (χ0v) is 11.6. The van der Waals surface area contributed by atoms with Gasteiger partial charge in [-0.1, -0.05) is 12.1 Å². The van der Waals surface area contributed by atoms with Crippen LogP contribution < -0.4 is 21.7 Å². The van der Waals surface area contributed by atoms with Gasteiger partial charge >= 0.3 is 7.12 Å². The standard InChI is InChI=1S/C12H19BN2O3.ClH/c14-6-1-2-7-17-10-5-3-4-9-11(8-15)18-13(16)12(9)10;/h3-5,11,16H,1-2,6-8,14-15H2;1H. The summed E-state index contributed by atoms with van der Waals surface area (Å²) in [5.41, 5.74) is 12.7. The van der Waals surface area contributed by atoms with Crippen molar-refractivity contribution in [3.05, 3.63) is 23.8 Å². The van der Waals surface area contributed by atoms with Gasteiger partial charge in [-0.3, -0.25) is 0 Å². The van der Waals surface area contributed by atoms with Gasteiger partial charge in [0.2, 0.25) is 0 Å². The first-order chi connectivity index (χ1) is 8.77. The summed E-state index contributed by atoms with van der Waals surface area (Å²) in [7, 11) is -0.945. The summed E-state index contributed by atoms with van der Waals surface area (Å²) in [6.45, 7) is 1.60. The van der Waals surface area contributed by atoms with Crippen LogP contribution in [0.1, 0.15) is 24.5 Å². The SMILES string of the molecule is Cl.NCCCCOc1cccc2c1B(O)OC2CN. The van der Waals surface area contributed by atoms with Gasteiger partial charge in [-0.2, -0.15) is 0 Å². The molecular weight excluding hydrogens is 266 g/mol. The zero-order chi connectivity index (χ0) is 13.0. The molecule has 0 amide bonds. The third-order valence-electron chi connectivity index (χ3n) is 3.06. The van der Waals surface area contributed by atoms with Crippen LogP contribution in [0.5, 0.6) is 5.75 Å². The minimum Gasteiger partial charge on any atom is -0.494 e. The average Bonchev–Trinajstić information content (AvgIpc) is 2.72. The number of ether oxygens (including phenoxy) is 1. The van der Waals surface area contributed by atoms with Gasteiger partial charge < -0.3 is 25.9 Å². The van der Waals surface area contributed by atoms with Crippen LogP contribution in [0, 0.1) is 0 Å². The molecule has 5 nitrogen and oxygen atoms in total. The fourth-order valence-corrected chi connectivity index (χ4v) is 2.14. The molecule has 1 aliphatic rings. The number of hydrogen-bond donors (Lipinski definition) is 3. The lowest BCUT2D eigenvalue weighted by Gasteiger charge is -2.11. The quantitative estimate of drug-likeness (QED) is 0.504. The Balaban J connectivity index is 0.00000180. The number of benzene rings is 1. The highest BCUT2D eigenvalue weighted by molar-refractivity contribution is 6.62. The molecule has 0 aromatic heterocycles.